The van der Waals surface area contributed by atoms with Crippen LogP contribution in [0.2, 0.25) is 0 Å². The van der Waals surface area contributed by atoms with Crippen LogP contribution in [-0.4, -0.2) is 48.1 Å². The topological polar surface area (TPSA) is 118 Å². The highest BCUT2D eigenvalue weighted by Gasteiger charge is 2.35. The molecular formula is C25H26N4O5S2. The molecule has 3 aromatic rings. The Morgan fingerprint density at radius 3 is 2.61 bits per heavy atom. The second-order valence-electron chi connectivity index (χ2n) is 8.14. The molecule has 1 atom stereocenters. The quantitative estimate of drug-likeness (QED) is 0.369. The average molecular weight is 527 g/mol. The van der Waals surface area contributed by atoms with E-state index < -0.39 is 6.10 Å². The van der Waals surface area contributed by atoms with Crippen molar-refractivity contribution in [2.75, 3.05) is 24.5 Å². The molecule has 36 heavy (non-hydrogen) atoms. The first-order valence-electron chi connectivity index (χ1n) is 11.6. The number of carbonyl (C=O) groups is 4. The number of thiophene rings is 1. The number of carbonyl (C=O) groups excluding carboxylic acids is 4. The van der Waals surface area contributed by atoms with Gasteiger partial charge in [-0.05, 0) is 36.4 Å². The van der Waals surface area contributed by atoms with Gasteiger partial charge in [-0.2, -0.15) is 0 Å². The molecule has 3 amide bonds. The lowest BCUT2D eigenvalue weighted by molar-refractivity contribution is -0.122. The van der Waals surface area contributed by atoms with E-state index in [2.05, 4.69) is 15.6 Å². The van der Waals surface area contributed by atoms with E-state index in [0.29, 0.717) is 65.9 Å². The Balaban J connectivity index is 1.38. The lowest BCUT2D eigenvalue weighted by atomic mass is 10.1. The minimum atomic E-state index is -0.831. The van der Waals surface area contributed by atoms with Crippen LogP contribution >= 0.6 is 22.7 Å². The number of para-hydroxylation sites is 1. The number of amides is 3. The molecule has 9 nitrogen and oxygen atoms in total. The van der Waals surface area contributed by atoms with Gasteiger partial charge in [-0.3, -0.25) is 24.1 Å². The van der Waals surface area contributed by atoms with E-state index in [-0.39, 0.29) is 23.5 Å². The van der Waals surface area contributed by atoms with Crippen LogP contribution in [0.1, 0.15) is 58.0 Å². The summed E-state index contributed by atoms with van der Waals surface area (Å²) in [6.07, 6.45) is 0.560. The molecule has 0 bridgehead atoms. The Morgan fingerprint density at radius 2 is 1.86 bits per heavy atom. The number of ether oxygens (including phenoxy) is 1. The molecule has 0 fully saturated rings. The van der Waals surface area contributed by atoms with Crippen molar-refractivity contribution in [2.24, 2.45) is 0 Å². The molecular weight excluding hydrogens is 500 g/mol. The van der Waals surface area contributed by atoms with Crippen LogP contribution in [0.4, 0.5) is 5.13 Å². The first-order chi connectivity index (χ1) is 17.4. The molecule has 0 aliphatic carbocycles. The third kappa shape index (κ3) is 6.16. The highest BCUT2D eigenvalue weighted by molar-refractivity contribution is 7.14. The molecule has 0 radical (unpaired) electrons. The maximum absolute atomic E-state index is 13.2. The normalized spacial score (nSPS) is 14.1. The number of benzene rings is 1. The Bertz CT molecular complexity index is 1240. The molecule has 1 unspecified atom stereocenters. The van der Waals surface area contributed by atoms with E-state index in [1.54, 1.807) is 34.5 Å². The summed E-state index contributed by atoms with van der Waals surface area (Å²) in [5.74, 6) is -0.0372. The van der Waals surface area contributed by atoms with E-state index in [1.165, 1.54) is 29.6 Å². The lowest BCUT2D eigenvalue weighted by Gasteiger charge is -2.19. The minimum absolute atomic E-state index is 0.107. The number of rotatable bonds is 11. The maximum atomic E-state index is 13.2. The second kappa shape index (κ2) is 11.9. The summed E-state index contributed by atoms with van der Waals surface area (Å²) in [5.41, 5.74) is 0.990. The molecule has 2 aromatic heterocycles. The van der Waals surface area contributed by atoms with Crippen molar-refractivity contribution in [2.45, 2.75) is 32.3 Å². The van der Waals surface area contributed by atoms with Crippen LogP contribution < -0.4 is 20.3 Å². The zero-order valence-electron chi connectivity index (χ0n) is 19.7. The van der Waals surface area contributed by atoms with Crippen molar-refractivity contribution < 1.29 is 23.9 Å². The van der Waals surface area contributed by atoms with Crippen LogP contribution in [0.5, 0.6) is 5.75 Å². The predicted octanol–water partition coefficient (Wildman–Crippen LogP) is 3.59. The number of hydrogen-bond acceptors (Lipinski definition) is 8. The van der Waals surface area contributed by atoms with Crippen LogP contribution in [0.3, 0.4) is 0 Å². The first kappa shape index (κ1) is 25.5. The van der Waals surface area contributed by atoms with E-state index in [1.807, 2.05) is 17.5 Å². The molecule has 4 rings (SSSR count). The molecule has 2 N–H and O–H groups in total. The van der Waals surface area contributed by atoms with Gasteiger partial charge in [0.25, 0.3) is 5.91 Å². The summed E-state index contributed by atoms with van der Waals surface area (Å²) in [6.45, 7) is 2.63. The molecule has 188 valence electrons. The summed E-state index contributed by atoms with van der Waals surface area (Å²) in [5, 5.41) is 9.56. The maximum Gasteiger partial charge on any atom is 0.270 e. The van der Waals surface area contributed by atoms with Gasteiger partial charge in [-0.15, -0.1) is 22.7 Å². The lowest BCUT2D eigenvalue weighted by Crippen LogP contribution is -2.34. The van der Waals surface area contributed by atoms with Crippen LogP contribution in [0.25, 0.3) is 0 Å². The number of anilines is 1. The van der Waals surface area contributed by atoms with Crippen molar-refractivity contribution in [3.8, 4) is 5.75 Å². The molecule has 1 aliphatic heterocycles. The van der Waals surface area contributed by atoms with E-state index in [4.69, 9.17) is 4.74 Å². The fourth-order valence-corrected chi connectivity index (χ4v) is 5.23. The Labute approximate surface area is 216 Å². The highest BCUT2D eigenvalue weighted by atomic mass is 32.1. The molecule has 3 heterocycles. The number of Topliss-reactive ketones (excluding diaryl/α,β-unsaturated/α-hetero) is 1. The van der Waals surface area contributed by atoms with Gasteiger partial charge in [0.1, 0.15) is 11.4 Å². The van der Waals surface area contributed by atoms with Gasteiger partial charge in [-0.1, -0.05) is 18.2 Å². The molecule has 1 aliphatic rings. The predicted molar refractivity (Wildman–Crippen MR) is 138 cm³/mol. The van der Waals surface area contributed by atoms with Crippen molar-refractivity contribution in [3.63, 3.8) is 0 Å². The SMILES string of the molecule is CC(=O)NCCCC(=O)NCCCN(C(=O)c1cccs1)c1nc(C2Oc3ccccc3C2=O)cs1. The van der Waals surface area contributed by atoms with E-state index in [9.17, 15) is 19.2 Å². The molecule has 11 heteroatoms. The summed E-state index contributed by atoms with van der Waals surface area (Å²) in [4.78, 5) is 55.7. The number of fused-ring (bicyclic) bond motifs is 1. The number of aromatic nitrogens is 1. The third-order valence-electron chi connectivity index (χ3n) is 5.46. The van der Waals surface area contributed by atoms with Gasteiger partial charge in [0.05, 0.1) is 10.4 Å². The van der Waals surface area contributed by atoms with Crippen molar-refractivity contribution in [3.05, 3.63) is 63.3 Å². The van der Waals surface area contributed by atoms with E-state index >= 15 is 0 Å². The van der Waals surface area contributed by atoms with Crippen molar-refractivity contribution in [1.82, 2.24) is 15.6 Å². The minimum Gasteiger partial charge on any atom is -0.475 e. The Morgan fingerprint density at radius 1 is 1.06 bits per heavy atom. The fraction of sp³-hybridized carbons (Fsp3) is 0.320. The standard InChI is InChI=1S/C25H26N4O5S2/c1-16(30)26-11-4-10-21(31)27-12-6-13-29(24(33)20-9-5-14-35-20)25-28-18(15-36-25)23-22(32)17-7-2-3-8-19(17)34-23/h2-3,5,7-9,14-15,23H,4,6,10-13H2,1H3,(H,26,30)(H,27,31). The number of hydrogen-bond donors (Lipinski definition) is 2. The summed E-state index contributed by atoms with van der Waals surface area (Å²) >= 11 is 2.62. The monoisotopic (exact) mass is 526 g/mol. The van der Waals surface area contributed by atoms with E-state index in [0.717, 1.165) is 0 Å². The smallest absolute Gasteiger partial charge is 0.270 e. The largest absolute Gasteiger partial charge is 0.475 e. The number of nitrogens with one attached hydrogen (secondary N) is 2. The van der Waals surface area contributed by atoms with Crippen LogP contribution in [0.15, 0.2) is 47.2 Å². The van der Waals surface area contributed by atoms with Crippen molar-refractivity contribution >= 4 is 51.3 Å². The van der Waals surface area contributed by atoms with Gasteiger partial charge in [-0.25, -0.2) is 4.98 Å². The number of ketones is 1. The Kier molecular flexibility index (Phi) is 8.44. The fourth-order valence-electron chi connectivity index (χ4n) is 3.69. The number of thiazole rings is 1. The van der Waals surface area contributed by atoms with Crippen molar-refractivity contribution in [1.29, 1.82) is 0 Å². The van der Waals surface area contributed by atoms with Gasteiger partial charge < -0.3 is 15.4 Å². The van der Waals surface area contributed by atoms with Gasteiger partial charge in [0.2, 0.25) is 23.7 Å². The van der Waals surface area contributed by atoms with Crippen LogP contribution in [0, 0.1) is 0 Å². The highest BCUT2D eigenvalue weighted by Crippen LogP contribution is 2.38. The van der Waals surface area contributed by atoms with Gasteiger partial charge >= 0.3 is 0 Å². The molecule has 0 spiro atoms. The van der Waals surface area contributed by atoms with Gasteiger partial charge in [0, 0.05) is 38.4 Å². The summed E-state index contributed by atoms with van der Waals surface area (Å²) in [7, 11) is 0. The molecule has 1 aromatic carbocycles. The first-order valence-corrected chi connectivity index (χ1v) is 13.3. The number of nitrogens with zero attached hydrogens (tertiary/aromatic N) is 2. The third-order valence-corrected chi connectivity index (χ3v) is 7.20. The van der Waals surface area contributed by atoms with Crippen LogP contribution in [-0.2, 0) is 9.59 Å². The second-order valence-corrected chi connectivity index (χ2v) is 9.92. The van der Waals surface area contributed by atoms with Gasteiger partial charge in [0.15, 0.2) is 5.13 Å². The molecule has 0 saturated heterocycles. The Hall–Kier alpha value is -3.57. The summed E-state index contributed by atoms with van der Waals surface area (Å²) in [6, 6.07) is 10.6. The zero-order valence-corrected chi connectivity index (χ0v) is 21.3. The summed E-state index contributed by atoms with van der Waals surface area (Å²) < 4.78 is 5.83. The zero-order chi connectivity index (χ0) is 25.5. The molecule has 0 saturated carbocycles. The average Bonchev–Trinajstić information content (AvgIpc) is 3.62.